The Kier molecular flexibility index (Phi) is 13.6. The lowest BCUT2D eigenvalue weighted by Gasteiger charge is -1.96. The molecule has 0 unspecified atom stereocenters. The highest BCUT2D eigenvalue weighted by Crippen LogP contribution is 2.06. The van der Waals surface area contributed by atoms with E-state index >= 15 is 0 Å². The van der Waals surface area contributed by atoms with Crippen molar-refractivity contribution in [2.45, 2.75) is 48.0 Å². The van der Waals surface area contributed by atoms with Gasteiger partial charge in [0.2, 0.25) is 0 Å². The summed E-state index contributed by atoms with van der Waals surface area (Å²) in [7, 11) is 0. The summed E-state index contributed by atoms with van der Waals surface area (Å²) in [5.41, 5.74) is 2.73. The molecule has 0 spiro atoms. The molecular formula is C17H28. The van der Waals surface area contributed by atoms with Crippen LogP contribution in [0.25, 0.3) is 0 Å². The lowest BCUT2D eigenvalue weighted by molar-refractivity contribution is 1.02. The zero-order valence-corrected chi connectivity index (χ0v) is 11.0. The lowest BCUT2D eigenvalue weighted by Crippen LogP contribution is -1.76. The molecule has 1 aliphatic carbocycles. The van der Waals surface area contributed by atoms with Crippen LogP contribution in [0.3, 0.4) is 0 Å². The van der Waals surface area contributed by atoms with Crippen LogP contribution >= 0.6 is 0 Å². The number of hydrogen-bond donors (Lipinski definition) is 0. The van der Waals surface area contributed by atoms with Crippen molar-refractivity contribution in [1.29, 1.82) is 0 Å². The van der Waals surface area contributed by atoms with Crippen LogP contribution in [0.2, 0.25) is 0 Å². The van der Waals surface area contributed by atoms with Crippen molar-refractivity contribution in [3.63, 3.8) is 0 Å². The monoisotopic (exact) mass is 232 g/mol. The number of rotatable bonds is 0. The maximum absolute atomic E-state index is 2.26. The third kappa shape index (κ3) is 11.0. The molecule has 2 rings (SSSR count). The minimum Gasteiger partial charge on any atom is -0.0840 e. The predicted molar refractivity (Wildman–Crippen MR) is 81.4 cm³/mol. The molecule has 0 radical (unpaired) electrons. The van der Waals surface area contributed by atoms with Crippen LogP contribution in [-0.2, 0) is 0 Å². The highest BCUT2D eigenvalue weighted by atomic mass is 13.9. The zero-order valence-electron chi connectivity index (χ0n) is 11.0. The number of benzene rings is 1. The lowest BCUT2D eigenvalue weighted by atomic mass is 10.1. The topological polar surface area (TPSA) is 0 Å². The van der Waals surface area contributed by atoms with E-state index in [4.69, 9.17) is 0 Å². The van der Waals surface area contributed by atoms with Gasteiger partial charge >= 0.3 is 0 Å². The Hall–Kier alpha value is -1.30. The second kappa shape index (κ2) is 12.8. The third-order valence-corrected chi connectivity index (χ3v) is 2.12. The average Bonchev–Trinajstić information content (AvgIpc) is 2.34. The van der Waals surface area contributed by atoms with Crippen LogP contribution < -0.4 is 0 Å². The van der Waals surface area contributed by atoms with E-state index in [-0.39, 0.29) is 7.43 Å². The minimum absolute atomic E-state index is 0. The molecule has 0 aromatic heterocycles. The predicted octanol–water partition coefficient (Wildman–Crippen LogP) is 5.94. The summed E-state index contributed by atoms with van der Waals surface area (Å²) in [6.07, 6.45) is 9.12. The molecule has 0 saturated heterocycles. The maximum Gasteiger partial charge on any atom is -0.0310 e. The first-order valence-electron chi connectivity index (χ1n) is 6.14. The molecule has 0 N–H and O–H groups in total. The van der Waals surface area contributed by atoms with Crippen molar-refractivity contribution in [3.05, 3.63) is 59.7 Å². The van der Waals surface area contributed by atoms with Crippen LogP contribution in [0.4, 0.5) is 0 Å². The Bertz CT molecular complexity index is 304. The summed E-state index contributed by atoms with van der Waals surface area (Å²) in [4.78, 5) is 0. The van der Waals surface area contributed by atoms with Crippen LogP contribution in [0, 0.1) is 6.92 Å². The fourth-order valence-electron chi connectivity index (χ4n) is 1.28. The van der Waals surface area contributed by atoms with Gasteiger partial charge in [-0.3, -0.25) is 0 Å². The highest BCUT2D eigenvalue weighted by Gasteiger charge is 1.86. The van der Waals surface area contributed by atoms with Gasteiger partial charge in [0, 0.05) is 0 Å². The molecule has 0 atom stereocenters. The first kappa shape index (κ1) is 18.1. The van der Waals surface area contributed by atoms with Gasteiger partial charge in [-0.05, 0) is 26.7 Å². The van der Waals surface area contributed by atoms with Gasteiger partial charge in [0.05, 0.1) is 0 Å². The van der Waals surface area contributed by atoms with E-state index in [9.17, 15) is 0 Å². The van der Waals surface area contributed by atoms with Gasteiger partial charge in [-0.15, -0.1) is 0 Å². The van der Waals surface area contributed by atoms with Crippen LogP contribution in [0.1, 0.15) is 46.6 Å². The summed E-state index contributed by atoms with van der Waals surface area (Å²) in [5, 5.41) is 0. The first-order chi connectivity index (χ1) is 7.79. The smallest absolute Gasteiger partial charge is 0.0310 e. The van der Waals surface area contributed by atoms with Gasteiger partial charge in [0.1, 0.15) is 0 Å². The zero-order chi connectivity index (χ0) is 12.2. The molecule has 0 saturated carbocycles. The summed E-state index contributed by atoms with van der Waals surface area (Å²) in [6.45, 7) is 8.22. The Balaban J connectivity index is 0. The van der Waals surface area contributed by atoms with Gasteiger partial charge in [0.15, 0.2) is 0 Å². The van der Waals surface area contributed by atoms with Crippen LogP contribution in [-0.4, -0.2) is 0 Å². The van der Waals surface area contributed by atoms with E-state index < -0.39 is 0 Å². The molecule has 0 bridgehead atoms. The normalized spacial score (nSPS) is 11.9. The van der Waals surface area contributed by atoms with Crippen molar-refractivity contribution in [2.75, 3.05) is 0 Å². The van der Waals surface area contributed by atoms with Crippen molar-refractivity contribution in [2.24, 2.45) is 0 Å². The second-order valence-electron chi connectivity index (χ2n) is 3.58. The molecule has 0 fully saturated rings. The minimum atomic E-state index is 0. The largest absolute Gasteiger partial charge is 0.0840 e. The standard InChI is InChI=1S/C7H10.C7H8.C2H6.CH4/c2*1-7-5-3-2-4-6-7;1-2;/h3,5-6H,2,4H2,1H3;2-6H,1H3;1-2H3;1H4. The molecule has 17 heavy (non-hydrogen) atoms. The van der Waals surface area contributed by atoms with Gasteiger partial charge in [-0.2, -0.15) is 0 Å². The maximum atomic E-state index is 2.26. The van der Waals surface area contributed by atoms with E-state index in [0.717, 1.165) is 0 Å². The van der Waals surface area contributed by atoms with Crippen LogP contribution in [0.5, 0.6) is 0 Å². The fraction of sp³-hybridized carbons (Fsp3) is 0.412. The Morgan fingerprint density at radius 3 is 1.71 bits per heavy atom. The number of allylic oxidation sites excluding steroid dienone is 4. The number of hydrogen-bond acceptors (Lipinski definition) is 0. The van der Waals surface area contributed by atoms with E-state index in [1.165, 1.54) is 24.0 Å². The molecule has 1 aliphatic rings. The van der Waals surface area contributed by atoms with Crippen molar-refractivity contribution in [3.8, 4) is 0 Å². The van der Waals surface area contributed by atoms with Gasteiger partial charge < -0.3 is 0 Å². The first-order valence-corrected chi connectivity index (χ1v) is 6.14. The summed E-state index contributed by atoms with van der Waals surface area (Å²) in [5.74, 6) is 0. The Morgan fingerprint density at radius 1 is 0.882 bits per heavy atom. The highest BCUT2D eigenvalue weighted by molar-refractivity contribution is 5.19. The SMILES string of the molecule is C.CC.CC1=CCCC=C1.Cc1ccccc1. The molecular weight excluding hydrogens is 204 g/mol. The average molecular weight is 232 g/mol. The second-order valence-corrected chi connectivity index (χ2v) is 3.58. The summed E-state index contributed by atoms with van der Waals surface area (Å²) in [6, 6.07) is 10.3. The van der Waals surface area contributed by atoms with Gasteiger partial charge in [-0.25, -0.2) is 0 Å². The summed E-state index contributed by atoms with van der Waals surface area (Å²) < 4.78 is 0. The van der Waals surface area contributed by atoms with Crippen molar-refractivity contribution < 1.29 is 0 Å². The molecule has 0 nitrogen and oxygen atoms in total. The third-order valence-electron chi connectivity index (χ3n) is 2.12. The van der Waals surface area contributed by atoms with E-state index in [2.05, 4.69) is 44.2 Å². The van der Waals surface area contributed by atoms with E-state index in [0.29, 0.717) is 0 Å². The van der Waals surface area contributed by atoms with Crippen molar-refractivity contribution >= 4 is 0 Å². The quantitative estimate of drug-likeness (QED) is 0.519. The molecule has 0 aliphatic heterocycles. The van der Waals surface area contributed by atoms with E-state index in [1.807, 2.05) is 32.0 Å². The van der Waals surface area contributed by atoms with Crippen LogP contribution in [0.15, 0.2) is 54.1 Å². The Morgan fingerprint density at radius 2 is 1.47 bits per heavy atom. The summed E-state index contributed by atoms with van der Waals surface area (Å²) >= 11 is 0. The molecule has 1 aromatic rings. The van der Waals surface area contributed by atoms with Gasteiger partial charge in [0.25, 0.3) is 0 Å². The molecule has 0 amide bonds. The number of aryl methyl sites for hydroxylation is 1. The molecule has 1 aromatic carbocycles. The molecule has 96 valence electrons. The fourth-order valence-corrected chi connectivity index (χ4v) is 1.28. The van der Waals surface area contributed by atoms with Gasteiger partial charge in [-0.1, -0.05) is 81.0 Å². The van der Waals surface area contributed by atoms with Crippen molar-refractivity contribution in [1.82, 2.24) is 0 Å². The molecule has 0 heteroatoms. The van der Waals surface area contributed by atoms with E-state index in [1.54, 1.807) is 0 Å². The Labute approximate surface area is 108 Å². The molecule has 0 heterocycles.